The van der Waals surface area contributed by atoms with Crippen molar-refractivity contribution in [1.82, 2.24) is 0 Å². The molecule has 0 fully saturated rings. The summed E-state index contributed by atoms with van der Waals surface area (Å²) in [4.78, 5) is 23.0. The van der Waals surface area contributed by atoms with Gasteiger partial charge in [0.2, 0.25) is 0 Å². The van der Waals surface area contributed by atoms with Crippen molar-refractivity contribution in [1.29, 1.82) is 0 Å². The first-order valence-electron chi connectivity index (χ1n) is 6.27. The van der Waals surface area contributed by atoms with E-state index in [2.05, 4.69) is 0 Å². The summed E-state index contributed by atoms with van der Waals surface area (Å²) in [5.74, 6) is -0.789. The van der Waals surface area contributed by atoms with E-state index in [1.54, 1.807) is 37.3 Å². The third-order valence-electron chi connectivity index (χ3n) is 2.56. The van der Waals surface area contributed by atoms with Crippen LogP contribution in [0.2, 0.25) is 5.02 Å². The van der Waals surface area contributed by atoms with Gasteiger partial charge in [-0.3, -0.25) is 4.79 Å². The van der Waals surface area contributed by atoms with Crippen LogP contribution in [0, 0.1) is 0 Å². The number of carbonyl (C=O) groups excluding carboxylic acids is 2. The molecule has 0 bridgehead atoms. The Hall–Kier alpha value is -1.81. The van der Waals surface area contributed by atoms with Crippen molar-refractivity contribution in [2.75, 3.05) is 13.7 Å². The lowest BCUT2D eigenvalue weighted by Gasteiger charge is -2.06. The molecule has 5 heteroatoms. The van der Waals surface area contributed by atoms with Gasteiger partial charge < -0.3 is 9.47 Å². The zero-order valence-corrected chi connectivity index (χ0v) is 12.3. The van der Waals surface area contributed by atoms with Gasteiger partial charge in [0.25, 0.3) is 0 Å². The molecule has 0 radical (unpaired) electrons. The van der Waals surface area contributed by atoms with Gasteiger partial charge in [0.1, 0.15) is 0 Å². The summed E-state index contributed by atoms with van der Waals surface area (Å²) in [5, 5.41) is 0.619. The molecule has 0 N–H and O–H groups in total. The van der Waals surface area contributed by atoms with Gasteiger partial charge in [-0.25, -0.2) is 4.79 Å². The first kappa shape index (κ1) is 16.2. The molecule has 108 valence electrons. The monoisotopic (exact) mass is 296 g/mol. The van der Waals surface area contributed by atoms with E-state index in [4.69, 9.17) is 21.1 Å². The SMILES string of the molecule is CCOC(=O)CC/C(=C\c1ccc(Cl)cc1)C(=O)OC. The quantitative estimate of drug-likeness (QED) is 0.597. The largest absolute Gasteiger partial charge is 0.466 e. The molecule has 1 rings (SSSR count). The number of rotatable bonds is 6. The molecule has 0 saturated heterocycles. The van der Waals surface area contributed by atoms with Crippen molar-refractivity contribution >= 4 is 29.6 Å². The minimum atomic E-state index is -0.454. The van der Waals surface area contributed by atoms with E-state index in [9.17, 15) is 9.59 Å². The number of ether oxygens (including phenoxy) is 2. The molecule has 0 atom stereocenters. The highest BCUT2D eigenvalue weighted by atomic mass is 35.5. The molecule has 0 aliphatic heterocycles. The summed E-state index contributed by atoms with van der Waals surface area (Å²) in [7, 11) is 1.31. The first-order valence-corrected chi connectivity index (χ1v) is 6.64. The third-order valence-corrected chi connectivity index (χ3v) is 2.81. The molecule has 0 aliphatic rings. The van der Waals surface area contributed by atoms with Gasteiger partial charge in [0, 0.05) is 17.0 Å². The fraction of sp³-hybridized carbons (Fsp3) is 0.333. The zero-order valence-electron chi connectivity index (χ0n) is 11.5. The lowest BCUT2D eigenvalue weighted by molar-refractivity contribution is -0.143. The number of halogens is 1. The Morgan fingerprint density at radius 2 is 1.85 bits per heavy atom. The molecule has 4 nitrogen and oxygen atoms in total. The number of hydrogen-bond donors (Lipinski definition) is 0. The molecule has 0 unspecified atom stereocenters. The fourth-order valence-electron chi connectivity index (χ4n) is 1.59. The molecule has 1 aromatic carbocycles. The molecule has 0 aromatic heterocycles. The van der Waals surface area contributed by atoms with Gasteiger partial charge in [0.15, 0.2) is 0 Å². The van der Waals surface area contributed by atoms with Crippen LogP contribution in [-0.2, 0) is 19.1 Å². The normalized spacial score (nSPS) is 11.1. The number of esters is 2. The molecule has 0 saturated carbocycles. The number of carbonyl (C=O) groups is 2. The van der Waals surface area contributed by atoms with Gasteiger partial charge in [-0.1, -0.05) is 23.7 Å². The maximum absolute atomic E-state index is 11.7. The van der Waals surface area contributed by atoms with E-state index in [-0.39, 0.29) is 18.8 Å². The van der Waals surface area contributed by atoms with Gasteiger partial charge in [-0.05, 0) is 37.1 Å². The standard InChI is InChI=1S/C15H17ClO4/c1-3-20-14(17)9-6-12(15(18)19-2)10-11-4-7-13(16)8-5-11/h4-5,7-8,10H,3,6,9H2,1-2H3/b12-10+. The van der Waals surface area contributed by atoms with Crippen LogP contribution in [0.3, 0.4) is 0 Å². The minimum Gasteiger partial charge on any atom is -0.466 e. The van der Waals surface area contributed by atoms with E-state index in [0.717, 1.165) is 5.56 Å². The van der Waals surface area contributed by atoms with Crippen molar-refractivity contribution in [3.63, 3.8) is 0 Å². The Bertz CT molecular complexity index is 491. The van der Waals surface area contributed by atoms with Crippen LogP contribution in [-0.4, -0.2) is 25.7 Å². The van der Waals surface area contributed by atoms with Crippen LogP contribution in [0.25, 0.3) is 6.08 Å². The second kappa shape index (κ2) is 8.38. The fourth-order valence-corrected chi connectivity index (χ4v) is 1.72. The summed E-state index contributed by atoms with van der Waals surface area (Å²) in [5.41, 5.74) is 1.24. The molecule has 20 heavy (non-hydrogen) atoms. The van der Waals surface area contributed by atoms with Crippen LogP contribution < -0.4 is 0 Å². The Labute approximate surface area is 123 Å². The maximum Gasteiger partial charge on any atom is 0.333 e. The van der Waals surface area contributed by atoms with Gasteiger partial charge in [-0.15, -0.1) is 0 Å². The zero-order chi connectivity index (χ0) is 15.0. The average Bonchev–Trinajstić information content (AvgIpc) is 2.45. The number of methoxy groups -OCH3 is 1. The number of hydrogen-bond acceptors (Lipinski definition) is 4. The minimum absolute atomic E-state index is 0.141. The van der Waals surface area contributed by atoms with Crippen molar-refractivity contribution < 1.29 is 19.1 Å². The van der Waals surface area contributed by atoms with Crippen LogP contribution in [0.5, 0.6) is 0 Å². The highest BCUT2D eigenvalue weighted by Gasteiger charge is 2.12. The lowest BCUT2D eigenvalue weighted by Crippen LogP contribution is -2.09. The van der Waals surface area contributed by atoms with Crippen molar-refractivity contribution in [2.24, 2.45) is 0 Å². The van der Waals surface area contributed by atoms with Gasteiger partial charge >= 0.3 is 11.9 Å². The lowest BCUT2D eigenvalue weighted by atomic mass is 10.1. The second-order valence-electron chi connectivity index (χ2n) is 4.02. The Morgan fingerprint density at radius 3 is 2.40 bits per heavy atom. The van der Waals surface area contributed by atoms with E-state index in [1.165, 1.54) is 7.11 Å². The smallest absolute Gasteiger partial charge is 0.333 e. The molecular formula is C15H17ClO4. The van der Waals surface area contributed by atoms with E-state index < -0.39 is 5.97 Å². The van der Waals surface area contributed by atoms with Gasteiger partial charge in [-0.2, -0.15) is 0 Å². The van der Waals surface area contributed by atoms with Crippen LogP contribution in [0.4, 0.5) is 0 Å². The van der Waals surface area contributed by atoms with E-state index >= 15 is 0 Å². The molecule has 1 aromatic rings. The molecular weight excluding hydrogens is 280 g/mol. The highest BCUT2D eigenvalue weighted by Crippen LogP contribution is 2.16. The third kappa shape index (κ3) is 5.45. The predicted molar refractivity (Wildman–Crippen MR) is 77.3 cm³/mol. The highest BCUT2D eigenvalue weighted by molar-refractivity contribution is 6.30. The van der Waals surface area contributed by atoms with Crippen molar-refractivity contribution in [3.05, 3.63) is 40.4 Å². The Kier molecular flexibility index (Phi) is 6.81. The summed E-state index contributed by atoms with van der Waals surface area (Å²) in [6.45, 7) is 2.07. The summed E-state index contributed by atoms with van der Waals surface area (Å²) >= 11 is 5.80. The first-order chi connectivity index (χ1) is 9.56. The predicted octanol–water partition coefficient (Wildman–Crippen LogP) is 3.24. The topological polar surface area (TPSA) is 52.6 Å². The van der Waals surface area contributed by atoms with Crippen LogP contribution in [0.1, 0.15) is 25.3 Å². The van der Waals surface area contributed by atoms with Crippen molar-refractivity contribution in [2.45, 2.75) is 19.8 Å². The second-order valence-corrected chi connectivity index (χ2v) is 4.45. The maximum atomic E-state index is 11.7. The number of benzene rings is 1. The Balaban J connectivity index is 2.81. The van der Waals surface area contributed by atoms with Gasteiger partial charge in [0.05, 0.1) is 13.7 Å². The molecule has 0 aliphatic carbocycles. The molecule has 0 amide bonds. The van der Waals surface area contributed by atoms with E-state index in [0.29, 0.717) is 17.2 Å². The van der Waals surface area contributed by atoms with Crippen LogP contribution >= 0.6 is 11.6 Å². The summed E-state index contributed by atoms with van der Waals surface area (Å²) < 4.78 is 9.55. The van der Waals surface area contributed by atoms with Crippen molar-refractivity contribution in [3.8, 4) is 0 Å². The van der Waals surface area contributed by atoms with E-state index in [1.807, 2.05) is 0 Å². The summed E-state index contributed by atoms with van der Waals surface area (Å²) in [6, 6.07) is 7.03. The summed E-state index contributed by atoms with van der Waals surface area (Å²) in [6.07, 6.45) is 2.10. The molecule has 0 spiro atoms. The average molecular weight is 297 g/mol. The molecule has 0 heterocycles. The van der Waals surface area contributed by atoms with Crippen LogP contribution in [0.15, 0.2) is 29.8 Å². The Morgan fingerprint density at radius 1 is 1.20 bits per heavy atom.